The van der Waals surface area contributed by atoms with E-state index in [2.05, 4.69) is 31.3 Å². The van der Waals surface area contributed by atoms with Gasteiger partial charge in [-0.25, -0.2) is 4.39 Å². The highest BCUT2D eigenvalue weighted by molar-refractivity contribution is 7.12. The number of nitrogens with one attached hydrogen (secondary N) is 1. The predicted octanol–water partition coefficient (Wildman–Crippen LogP) is 4.61. The standard InChI is InChI=1S/C15H18FNS/c1-10-8-9-15(18-10)12(3)17-11(2)13-6-4-5-7-14(13)16/h4-9,11-12,17H,1-3H3. The quantitative estimate of drug-likeness (QED) is 0.849. The molecule has 0 bridgehead atoms. The molecular formula is C15H18FNS. The van der Waals surface area contributed by atoms with Crippen molar-refractivity contribution in [3.63, 3.8) is 0 Å². The number of rotatable bonds is 4. The highest BCUT2D eigenvalue weighted by Gasteiger charge is 2.14. The van der Waals surface area contributed by atoms with Gasteiger partial charge in [0.25, 0.3) is 0 Å². The molecule has 1 aromatic heterocycles. The van der Waals surface area contributed by atoms with Gasteiger partial charge >= 0.3 is 0 Å². The number of benzene rings is 1. The Morgan fingerprint density at radius 1 is 1.06 bits per heavy atom. The molecule has 0 aliphatic heterocycles. The molecule has 1 heterocycles. The van der Waals surface area contributed by atoms with E-state index in [-0.39, 0.29) is 17.9 Å². The average molecular weight is 263 g/mol. The second-order valence-corrected chi connectivity index (χ2v) is 5.90. The maximum Gasteiger partial charge on any atom is 0.127 e. The van der Waals surface area contributed by atoms with Crippen molar-refractivity contribution in [1.29, 1.82) is 0 Å². The van der Waals surface area contributed by atoms with Gasteiger partial charge in [-0.3, -0.25) is 0 Å². The van der Waals surface area contributed by atoms with Crippen LogP contribution in [-0.4, -0.2) is 0 Å². The first-order valence-electron chi connectivity index (χ1n) is 6.14. The van der Waals surface area contributed by atoms with Gasteiger partial charge in [-0.1, -0.05) is 18.2 Å². The Morgan fingerprint density at radius 3 is 2.39 bits per heavy atom. The predicted molar refractivity (Wildman–Crippen MR) is 75.4 cm³/mol. The first kappa shape index (κ1) is 13.2. The smallest absolute Gasteiger partial charge is 0.127 e. The minimum absolute atomic E-state index is 0.00334. The third-order valence-electron chi connectivity index (χ3n) is 3.06. The molecule has 1 aromatic carbocycles. The van der Waals surface area contributed by atoms with Crippen LogP contribution in [0, 0.1) is 12.7 Å². The third-order valence-corrected chi connectivity index (χ3v) is 4.24. The van der Waals surface area contributed by atoms with Gasteiger partial charge < -0.3 is 5.32 Å². The van der Waals surface area contributed by atoms with Gasteiger partial charge in [0.15, 0.2) is 0 Å². The molecule has 0 aliphatic carbocycles. The lowest BCUT2D eigenvalue weighted by molar-refractivity contribution is 0.478. The molecular weight excluding hydrogens is 245 g/mol. The lowest BCUT2D eigenvalue weighted by atomic mass is 10.1. The van der Waals surface area contributed by atoms with Crippen molar-refractivity contribution in [3.8, 4) is 0 Å². The first-order valence-corrected chi connectivity index (χ1v) is 6.96. The molecule has 2 atom stereocenters. The highest BCUT2D eigenvalue weighted by atomic mass is 32.1. The molecule has 1 N–H and O–H groups in total. The summed E-state index contributed by atoms with van der Waals surface area (Å²) in [6.07, 6.45) is 0. The molecule has 0 spiro atoms. The van der Waals surface area contributed by atoms with Gasteiger partial charge in [0.2, 0.25) is 0 Å². The minimum Gasteiger partial charge on any atom is -0.303 e. The van der Waals surface area contributed by atoms with E-state index in [1.807, 2.05) is 19.1 Å². The van der Waals surface area contributed by atoms with Crippen molar-refractivity contribution < 1.29 is 4.39 Å². The van der Waals surface area contributed by atoms with Crippen LogP contribution in [0.1, 0.15) is 41.2 Å². The molecule has 0 aliphatic rings. The van der Waals surface area contributed by atoms with Gasteiger partial charge in [-0.15, -0.1) is 11.3 Å². The summed E-state index contributed by atoms with van der Waals surface area (Å²) in [5, 5.41) is 3.44. The van der Waals surface area contributed by atoms with Crippen LogP contribution in [0.15, 0.2) is 36.4 Å². The minimum atomic E-state index is -0.146. The van der Waals surface area contributed by atoms with Gasteiger partial charge in [0.05, 0.1) is 0 Å². The van der Waals surface area contributed by atoms with E-state index >= 15 is 0 Å². The molecule has 0 fully saturated rings. The number of thiophene rings is 1. The lowest BCUT2D eigenvalue weighted by Crippen LogP contribution is -2.22. The van der Waals surface area contributed by atoms with Gasteiger partial charge in [0.1, 0.15) is 5.82 Å². The van der Waals surface area contributed by atoms with Crippen molar-refractivity contribution in [3.05, 3.63) is 57.5 Å². The van der Waals surface area contributed by atoms with Gasteiger partial charge in [0, 0.05) is 27.4 Å². The zero-order valence-electron chi connectivity index (χ0n) is 10.9. The van der Waals surface area contributed by atoms with Crippen LogP contribution in [0.25, 0.3) is 0 Å². The SMILES string of the molecule is Cc1ccc(C(C)NC(C)c2ccccc2F)s1. The Balaban J connectivity index is 2.08. The van der Waals surface area contributed by atoms with Crippen molar-refractivity contribution >= 4 is 11.3 Å². The summed E-state index contributed by atoms with van der Waals surface area (Å²) in [7, 11) is 0. The largest absolute Gasteiger partial charge is 0.303 e. The molecule has 18 heavy (non-hydrogen) atoms. The normalized spacial score (nSPS) is 14.4. The van der Waals surface area contributed by atoms with Crippen LogP contribution >= 0.6 is 11.3 Å². The molecule has 0 saturated carbocycles. The summed E-state index contributed by atoms with van der Waals surface area (Å²) in [5.41, 5.74) is 0.720. The third kappa shape index (κ3) is 2.98. The Hall–Kier alpha value is -1.19. The maximum absolute atomic E-state index is 13.7. The van der Waals surface area contributed by atoms with Crippen molar-refractivity contribution in [2.75, 3.05) is 0 Å². The monoisotopic (exact) mass is 263 g/mol. The van der Waals surface area contributed by atoms with Crippen LogP contribution in [0.5, 0.6) is 0 Å². The summed E-state index contributed by atoms with van der Waals surface area (Å²) in [5.74, 6) is -0.146. The fraction of sp³-hybridized carbons (Fsp3) is 0.333. The average Bonchev–Trinajstić information content (AvgIpc) is 2.76. The maximum atomic E-state index is 13.7. The fourth-order valence-corrected chi connectivity index (χ4v) is 2.95. The zero-order valence-corrected chi connectivity index (χ0v) is 11.7. The van der Waals surface area contributed by atoms with E-state index in [1.165, 1.54) is 15.8 Å². The van der Waals surface area contributed by atoms with E-state index in [0.717, 1.165) is 5.56 Å². The second kappa shape index (κ2) is 5.63. The molecule has 0 saturated heterocycles. The topological polar surface area (TPSA) is 12.0 Å². The Morgan fingerprint density at radius 2 is 1.78 bits per heavy atom. The van der Waals surface area contributed by atoms with Gasteiger partial charge in [-0.05, 0) is 39.0 Å². The second-order valence-electron chi connectivity index (χ2n) is 4.58. The molecule has 96 valence electrons. The van der Waals surface area contributed by atoms with E-state index in [4.69, 9.17) is 0 Å². The van der Waals surface area contributed by atoms with Crippen LogP contribution in [0.3, 0.4) is 0 Å². The van der Waals surface area contributed by atoms with E-state index in [1.54, 1.807) is 17.4 Å². The molecule has 2 unspecified atom stereocenters. The zero-order chi connectivity index (χ0) is 13.1. The molecule has 3 heteroatoms. The number of hydrogen-bond acceptors (Lipinski definition) is 2. The number of hydrogen-bond donors (Lipinski definition) is 1. The summed E-state index contributed by atoms with van der Waals surface area (Å²) in [6.45, 7) is 6.21. The highest BCUT2D eigenvalue weighted by Crippen LogP contribution is 2.25. The molecule has 0 amide bonds. The van der Waals surface area contributed by atoms with Crippen LogP contribution in [0.2, 0.25) is 0 Å². The Kier molecular flexibility index (Phi) is 4.15. The van der Waals surface area contributed by atoms with Crippen molar-refractivity contribution in [1.82, 2.24) is 5.32 Å². The van der Waals surface area contributed by atoms with Crippen molar-refractivity contribution in [2.45, 2.75) is 32.9 Å². The molecule has 0 radical (unpaired) electrons. The number of aryl methyl sites for hydroxylation is 1. The molecule has 2 aromatic rings. The van der Waals surface area contributed by atoms with E-state index < -0.39 is 0 Å². The van der Waals surface area contributed by atoms with E-state index in [0.29, 0.717) is 0 Å². The van der Waals surface area contributed by atoms with Crippen LogP contribution in [0.4, 0.5) is 4.39 Å². The Bertz CT molecular complexity index is 521. The van der Waals surface area contributed by atoms with Crippen molar-refractivity contribution in [2.24, 2.45) is 0 Å². The van der Waals surface area contributed by atoms with Crippen LogP contribution < -0.4 is 5.32 Å². The number of halogens is 1. The summed E-state index contributed by atoms with van der Waals surface area (Å²) in [6, 6.07) is 11.4. The summed E-state index contributed by atoms with van der Waals surface area (Å²) < 4.78 is 13.7. The summed E-state index contributed by atoms with van der Waals surface area (Å²) >= 11 is 1.78. The fourth-order valence-electron chi connectivity index (χ4n) is 2.06. The lowest BCUT2D eigenvalue weighted by Gasteiger charge is -2.20. The van der Waals surface area contributed by atoms with E-state index in [9.17, 15) is 4.39 Å². The van der Waals surface area contributed by atoms with Gasteiger partial charge in [-0.2, -0.15) is 0 Å². The molecule has 2 rings (SSSR count). The first-order chi connectivity index (χ1) is 8.58. The Labute approximate surface area is 112 Å². The molecule has 1 nitrogen and oxygen atoms in total. The summed E-state index contributed by atoms with van der Waals surface area (Å²) in [4.78, 5) is 2.59. The van der Waals surface area contributed by atoms with Crippen LogP contribution in [-0.2, 0) is 0 Å².